The molecule has 1 aliphatic rings. The number of sulfonamides is 1. The summed E-state index contributed by atoms with van der Waals surface area (Å²) in [6.07, 6.45) is 5.18. The molecular weight excluding hydrogens is 391 g/mol. The number of nitrogens with zero attached hydrogens (tertiary/aromatic N) is 2. The zero-order valence-corrected chi connectivity index (χ0v) is 16.0. The number of primary sulfonamides is 1. The topological polar surface area (TPSA) is 147 Å². The lowest BCUT2D eigenvalue weighted by Gasteiger charge is -2.12. The van der Waals surface area contributed by atoms with Crippen LogP contribution in [0.5, 0.6) is 0 Å². The minimum Gasteiger partial charge on any atom is -0.465 e. The van der Waals surface area contributed by atoms with Crippen molar-refractivity contribution in [2.75, 3.05) is 12.8 Å². The van der Waals surface area contributed by atoms with Crippen molar-refractivity contribution in [2.24, 2.45) is 5.14 Å². The number of anilines is 1. The summed E-state index contributed by atoms with van der Waals surface area (Å²) in [5.41, 5.74) is 4.89. The van der Waals surface area contributed by atoms with Gasteiger partial charge in [0.25, 0.3) is 0 Å². The maximum absolute atomic E-state index is 13.1. The summed E-state index contributed by atoms with van der Waals surface area (Å²) in [6.45, 7) is 0. The Balaban J connectivity index is 0.000000200. The molecule has 1 aromatic heterocycles. The molecule has 9 nitrogen and oxygen atoms in total. The number of ether oxygens (including phenoxy) is 1. The van der Waals surface area contributed by atoms with E-state index >= 15 is 0 Å². The Morgan fingerprint density at radius 2 is 1.96 bits per heavy atom. The van der Waals surface area contributed by atoms with Crippen molar-refractivity contribution in [3.63, 3.8) is 0 Å². The number of hydrogen-bond acceptors (Lipinski definition) is 7. The Morgan fingerprint density at radius 3 is 2.54 bits per heavy atom. The highest BCUT2D eigenvalue weighted by molar-refractivity contribution is 7.89. The van der Waals surface area contributed by atoms with Gasteiger partial charge in [-0.05, 0) is 31.0 Å². The van der Waals surface area contributed by atoms with Crippen LogP contribution in [-0.2, 0) is 14.8 Å². The number of carbonyl (C=O) groups is 1. The number of halogens is 1. The van der Waals surface area contributed by atoms with Crippen LogP contribution in [0.3, 0.4) is 0 Å². The molecule has 1 aromatic carbocycles. The van der Waals surface area contributed by atoms with E-state index in [1.807, 2.05) is 0 Å². The summed E-state index contributed by atoms with van der Waals surface area (Å²) in [7, 11) is -2.56. The normalized spacial score (nSPS) is 14.2. The second-order valence-corrected chi connectivity index (χ2v) is 7.73. The molecule has 0 bridgehead atoms. The van der Waals surface area contributed by atoms with E-state index in [9.17, 15) is 22.4 Å². The lowest BCUT2D eigenvalue weighted by Crippen LogP contribution is -2.27. The fourth-order valence-electron chi connectivity index (χ4n) is 2.82. The highest BCUT2D eigenvalue weighted by Gasteiger charge is 2.19. The first-order valence-electron chi connectivity index (χ1n) is 8.39. The number of nitrogens with two attached hydrogens (primary N) is 2. The van der Waals surface area contributed by atoms with E-state index < -0.39 is 27.5 Å². The van der Waals surface area contributed by atoms with E-state index in [1.54, 1.807) is 0 Å². The number of nitrogen functional groups attached to an aromatic ring is 1. The van der Waals surface area contributed by atoms with Gasteiger partial charge in [-0.25, -0.2) is 27.5 Å². The molecule has 0 atom stereocenters. The molecule has 28 heavy (non-hydrogen) atoms. The maximum atomic E-state index is 13.1. The first-order chi connectivity index (χ1) is 13.1. The first kappa shape index (κ1) is 21.5. The number of carbonyl (C=O) groups excluding carboxylic acids is 1. The summed E-state index contributed by atoms with van der Waals surface area (Å²) in [5, 5.41) is 4.89. The number of benzene rings is 1. The quantitative estimate of drug-likeness (QED) is 0.720. The van der Waals surface area contributed by atoms with Gasteiger partial charge in [-0.15, -0.1) is 0 Å². The van der Waals surface area contributed by atoms with Gasteiger partial charge in [0, 0.05) is 12.2 Å². The summed E-state index contributed by atoms with van der Waals surface area (Å²) >= 11 is 0. The molecule has 0 unspecified atom stereocenters. The van der Waals surface area contributed by atoms with E-state index in [4.69, 9.17) is 10.9 Å². The van der Waals surface area contributed by atoms with Gasteiger partial charge >= 0.3 is 11.7 Å². The average molecular weight is 412 g/mol. The van der Waals surface area contributed by atoms with Gasteiger partial charge in [-0.1, -0.05) is 18.9 Å². The molecule has 2 aromatic rings. The molecule has 0 spiro atoms. The molecule has 1 heterocycles. The molecule has 4 N–H and O–H groups in total. The van der Waals surface area contributed by atoms with Gasteiger partial charge in [0.05, 0.1) is 17.6 Å². The highest BCUT2D eigenvalue weighted by atomic mass is 32.2. The Hall–Kier alpha value is -2.79. The van der Waals surface area contributed by atoms with Crippen LogP contribution in [-0.4, -0.2) is 31.0 Å². The lowest BCUT2D eigenvalue weighted by atomic mass is 10.2. The van der Waals surface area contributed by atoms with Crippen LogP contribution >= 0.6 is 0 Å². The minimum absolute atomic E-state index is 0.102. The van der Waals surface area contributed by atoms with Crippen LogP contribution in [0.4, 0.5) is 10.2 Å². The van der Waals surface area contributed by atoms with Gasteiger partial charge in [0.1, 0.15) is 0 Å². The van der Waals surface area contributed by atoms with Crippen LogP contribution in [0.2, 0.25) is 0 Å². The molecule has 0 saturated heterocycles. The molecule has 3 rings (SSSR count). The highest BCUT2D eigenvalue weighted by Crippen LogP contribution is 2.28. The van der Waals surface area contributed by atoms with Crippen molar-refractivity contribution in [2.45, 2.75) is 36.6 Å². The number of esters is 1. The third-order valence-electron chi connectivity index (χ3n) is 4.24. The predicted octanol–water partition coefficient (Wildman–Crippen LogP) is 1.20. The largest absolute Gasteiger partial charge is 0.465 e. The number of methoxy groups -OCH3 is 1. The molecule has 0 aliphatic heterocycles. The van der Waals surface area contributed by atoms with Crippen molar-refractivity contribution in [3.05, 3.63) is 52.3 Å². The third-order valence-corrected chi connectivity index (χ3v) is 5.15. The fraction of sp³-hybridized carbons (Fsp3) is 0.353. The monoisotopic (exact) mass is 412 g/mol. The Morgan fingerprint density at radius 1 is 1.32 bits per heavy atom. The van der Waals surface area contributed by atoms with Crippen molar-refractivity contribution in [1.82, 2.24) is 9.55 Å². The lowest BCUT2D eigenvalue weighted by molar-refractivity contribution is 0.0600. The molecule has 1 saturated carbocycles. The smallest absolute Gasteiger partial charge is 0.349 e. The molecule has 11 heteroatoms. The van der Waals surface area contributed by atoms with E-state index in [-0.39, 0.29) is 22.3 Å². The average Bonchev–Trinajstić information content (AvgIpc) is 3.18. The van der Waals surface area contributed by atoms with Crippen LogP contribution in [0.25, 0.3) is 0 Å². The molecule has 0 amide bonds. The van der Waals surface area contributed by atoms with Crippen LogP contribution in [0.15, 0.2) is 40.2 Å². The van der Waals surface area contributed by atoms with Crippen molar-refractivity contribution >= 4 is 21.8 Å². The number of hydrogen-bond donors (Lipinski definition) is 2. The molecule has 1 aliphatic carbocycles. The van der Waals surface area contributed by atoms with Crippen molar-refractivity contribution in [1.29, 1.82) is 0 Å². The molecule has 1 fully saturated rings. The standard InChI is InChI=1S/C9H12FN3O.C8H9NO4S/c10-7-5-13(6-3-1-2-4-6)9(14)12-8(7)11;1-13-8(10)6-3-2-4-7(5-6)14(9,11)12/h5-6H,1-4H2,(H2,11,12,14);2-5H,1H3,(H2,9,11,12). The molecular formula is C17H21FN4O5S. The van der Waals surface area contributed by atoms with E-state index in [2.05, 4.69) is 9.72 Å². The SMILES string of the molecule is COC(=O)c1cccc(S(N)(=O)=O)c1.Nc1nc(=O)n(C2CCCC2)cc1F. The second-order valence-electron chi connectivity index (χ2n) is 6.17. The van der Waals surface area contributed by atoms with Crippen LogP contribution in [0, 0.1) is 5.82 Å². The fourth-order valence-corrected chi connectivity index (χ4v) is 3.38. The van der Waals surface area contributed by atoms with E-state index in [0.717, 1.165) is 25.7 Å². The molecule has 152 valence electrons. The Bertz CT molecular complexity index is 1020. The number of aromatic nitrogens is 2. The summed E-state index contributed by atoms with van der Waals surface area (Å²) in [4.78, 5) is 25.7. The third kappa shape index (κ3) is 5.36. The first-order valence-corrected chi connectivity index (χ1v) is 9.93. The van der Waals surface area contributed by atoms with Gasteiger partial charge in [-0.3, -0.25) is 4.57 Å². The predicted molar refractivity (Wildman–Crippen MR) is 99.5 cm³/mol. The van der Waals surface area contributed by atoms with Gasteiger partial charge in [0.2, 0.25) is 10.0 Å². The van der Waals surface area contributed by atoms with Crippen LogP contribution in [0.1, 0.15) is 42.1 Å². The van der Waals surface area contributed by atoms with Crippen molar-refractivity contribution in [3.8, 4) is 0 Å². The second kappa shape index (κ2) is 8.93. The van der Waals surface area contributed by atoms with Crippen LogP contribution < -0.4 is 16.6 Å². The maximum Gasteiger partial charge on any atom is 0.349 e. The summed E-state index contributed by atoms with van der Waals surface area (Å²) in [5.74, 6) is -1.53. The summed E-state index contributed by atoms with van der Waals surface area (Å²) < 4.78 is 40.7. The van der Waals surface area contributed by atoms with Gasteiger partial charge in [0.15, 0.2) is 11.6 Å². The summed E-state index contributed by atoms with van der Waals surface area (Å²) in [6, 6.07) is 5.44. The van der Waals surface area contributed by atoms with Crippen molar-refractivity contribution < 1.29 is 22.3 Å². The molecule has 0 radical (unpaired) electrons. The minimum atomic E-state index is -3.77. The van der Waals surface area contributed by atoms with E-state index in [1.165, 1.54) is 42.1 Å². The Kier molecular flexibility index (Phi) is 6.86. The van der Waals surface area contributed by atoms with E-state index in [0.29, 0.717) is 0 Å². The number of rotatable bonds is 3. The zero-order chi connectivity index (χ0) is 20.9. The van der Waals surface area contributed by atoms with Gasteiger partial charge < -0.3 is 10.5 Å². The van der Waals surface area contributed by atoms with Gasteiger partial charge in [-0.2, -0.15) is 4.98 Å². The Labute approximate surface area is 161 Å². The zero-order valence-electron chi connectivity index (χ0n) is 15.2.